The molecule has 0 spiro atoms. The number of amides is 1. The van der Waals surface area contributed by atoms with Gasteiger partial charge >= 0.3 is 5.97 Å². The zero-order valence-corrected chi connectivity index (χ0v) is 42.5. The van der Waals surface area contributed by atoms with Crippen LogP contribution in [0.5, 0.6) is 0 Å². The Balaban J connectivity index is 4.46. The first kappa shape index (κ1) is 61.3. The lowest BCUT2D eigenvalue weighted by molar-refractivity contribution is -0.151. The Labute approximate surface area is 392 Å². The van der Waals surface area contributed by atoms with Gasteiger partial charge in [-0.05, 0) is 51.4 Å². The fraction of sp³-hybridized carbons (Fsp3) is 0.895. The number of nitrogens with one attached hydrogen (secondary N) is 1. The molecular formula is C57H109NO5. The summed E-state index contributed by atoms with van der Waals surface area (Å²) in [5, 5.41) is 23.9. The Bertz CT molecular complexity index is 997. The fourth-order valence-electron chi connectivity index (χ4n) is 8.82. The second-order valence-electron chi connectivity index (χ2n) is 19.3. The van der Waals surface area contributed by atoms with E-state index in [1.165, 1.54) is 186 Å². The SMILES string of the molecule is CC/C=C/C/C=C/CCCCCCCC(CC(=O)NC(CO)C(O)CCCCCCCCCCCCCCCCCCC)OC(=O)CCCCCCCCCCCCCCCCC. The van der Waals surface area contributed by atoms with E-state index in [1.54, 1.807) is 0 Å². The van der Waals surface area contributed by atoms with E-state index in [0.29, 0.717) is 19.3 Å². The average molecular weight is 889 g/mol. The van der Waals surface area contributed by atoms with Crippen LogP contribution in [0.25, 0.3) is 0 Å². The highest BCUT2D eigenvalue weighted by Crippen LogP contribution is 2.19. The Kier molecular flexibility index (Phi) is 50.0. The van der Waals surface area contributed by atoms with Crippen LogP contribution in [0.15, 0.2) is 24.3 Å². The van der Waals surface area contributed by atoms with Crippen molar-refractivity contribution in [2.24, 2.45) is 0 Å². The number of rotatable bonds is 51. The molecular weight excluding hydrogens is 779 g/mol. The maximum atomic E-state index is 13.2. The molecule has 0 saturated heterocycles. The van der Waals surface area contributed by atoms with Gasteiger partial charge in [0, 0.05) is 6.42 Å². The van der Waals surface area contributed by atoms with Crippen LogP contribution in [0, 0.1) is 0 Å². The van der Waals surface area contributed by atoms with Crippen LogP contribution in [0.3, 0.4) is 0 Å². The van der Waals surface area contributed by atoms with Gasteiger partial charge in [0.25, 0.3) is 0 Å². The van der Waals surface area contributed by atoms with Crippen molar-refractivity contribution < 1.29 is 24.5 Å². The van der Waals surface area contributed by atoms with Crippen molar-refractivity contribution in [2.75, 3.05) is 6.61 Å². The minimum Gasteiger partial charge on any atom is -0.462 e. The molecule has 63 heavy (non-hydrogen) atoms. The molecule has 0 heterocycles. The zero-order chi connectivity index (χ0) is 45.9. The number of allylic oxidation sites excluding steroid dienone is 4. The topological polar surface area (TPSA) is 95.9 Å². The van der Waals surface area contributed by atoms with Crippen molar-refractivity contribution >= 4 is 11.9 Å². The van der Waals surface area contributed by atoms with Crippen LogP contribution in [0.2, 0.25) is 0 Å². The molecule has 0 aromatic carbocycles. The van der Waals surface area contributed by atoms with Crippen LogP contribution >= 0.6 is 0 Å². The number of hydrogen-bond acceptors (Lipinski definition) is 5. The monoisotopic (exact) mass is 888 g/mol. The van der Waals surface area contributed by atoms with Crippen molar-refractivity contribution in [3.63, 3.8) is 0 Å². The van der Waals surface area contributed by atoms with Crippen molar-refractivity contribution in [1.29, 1.82) is 0 Å². The van der Waals surface area contributed by atoms with Crippen LogP contribution in [-0.2, 0) is 14.3 Å². The van der Waals surface area contributed by atoms with E-state index >= 15 is 0 Å². The lowest BCUT2D eigenvalue weighted by atomic mass is 10.0. The lowest BCUT2D eigenvalue weighted by Crippen LogP contribution is -2.46. The minimum atomic E-state index is -0.788. The van der Waals surface area contributed by atoms with Gasteiger partial charge in [-0.1, -0.05) is 263 Å². The van der Waals surface area contributed by atoms with E-state index in [9.17, 15) is 19.8 Å². The molecule has 1 amide bonds. The highest BCUT2D eigenvalue weighted by Gasteiger charge is 2.24. The molecule has 6 nitrogen and oxygen atoms in total. The lowest BCUT2D eigenvalue weighted by Gasteiger charge is -2.24. The first-order valence-electron chi connectivity index (χ1n) is 28.1. The van der Waals surface area contributed by atoms with E-state index in [2.05, 4.69) is 50.4 Å². The van der Waals surface area contributed by atoms with E-state index in [-0.39, 0.29) is 24.9 Å². The molecule has 3 N–H and O–H groups in total. The van der Waals surface area contributed by atoms with Gasteiger partial charge in [0.2, 0.25) is 5.91 Å². The summed E-state index contributed by atoms with van der Waals surface area (Å²) in [6.07, 6.45) is 59.6. The second kappa shape index (κ2) is 51.3. The predicted octanol–water partition coefficient (Wildman–Crippen LogP) is 17.1. The molecule has 0 radical (unpaired) electrons. The number of esters is 1. The van der Waals surface area contributed by atoms with Gasteiger partial charge in [-0.2, -0.15) is 0 Å². The number of aliphatic hydroxyl groups excluding tert-OH is 2. The number of ether oxygens (including phenoxy) is 1. The normalized spacial score (nSPS) is 13.3. The zero-order valence-electron chi connectivity index (χ0n) is 42.5. The molecule has 0 fully saturated rings. The molecule has 0 aliphatic carbocycles. The van der Waals surface area contributed by atoms with E-state index in [1.807, 2.05) is 0 Å². The Morgan fingerprint density at radius 3 is 1.29 bits per heavy atom. The third-order valence-corrected chi connectivity index (χ3v) is 13.0. The summed E-state index contributed by atoms with van der Waals surface area (Å²) >= 11 is 0. The smallest absolute Gasteiger partial charge is 0.306 e. The molecule has 3 unspecified atom stereocenters. The number of aliphatic hydroxyl groups is 2. The molecule has 0 rings (SSSR count). The molecule has 0 aromatic heterocycles. The maximum absolute atomic E-state index is 13.2. The summed E-state index contributed by atoms with van der Waals surface area (Å²) in [5.74, 6) is -0.471. The number of unbranched alkanes of at least 4 members (excludes halogenated alkanes) is 35. The van der Waals surface area contributed by atoms with Crippen molar-refractivity contribution in [2.45, 2.75) is 322 Å². The van der Waals surface area contributed by atoms with Gasteiger partial charge in [0.15, 0.2) is 0 Å². The highest BCUT2D eigenvalue weighted by atomic mass is 16.5. The van der Waals surface area contributed by atoms with Crippen molar-refractivity contribution in [3.8, 4) is 0 Å². The molecule has 6 heteroatoms. The molecule has 0 aliphatic heterocycles. The van der Waals surface area contributed by atoms with Crippen LogP contribution in [0.4, 0.5) is 0 Å². The van der Waals surface area contributed by atoms with E-state index in [4.69, 9.17) is 4.74 Å². The molecule has 0 saturated carbocycles. The van der Waals surface area contributed by atoms with Crippen molar-refractivity contribution in [3.05, 3.63) is 24.3 Å². The Hall–Kier alpha value is -1.66. The molecule has 372 valence electrons. The highest BCUT2D eigenvalue weighted by molar-refractivity contribution is 5.77. The maximum Gasteiger partial charge on any atom is 0.306 e. The van der Waals surface area contributed by atoms with Gasteiger partial charge in [-0.3, -0.25) is 9.59 Å². The molecule has 0 aromatic rings. The van der Waals surface area contributed by atoms with Gasteiger partial charge in [0.1, 0.15) is 6.10 Å². The predicted molar refractivity (Wildman–Crippen MR) is 273 cm³/mol. The second-order valence-corrected chi connectivity index (χ2v) is 19.3. The Morgan fingerprint density at radius 1 is 0.476 bits per heavy atom. The summed E-state index contributed by atoms with van der Waals surface area (Å²) in [6, 6.07) is -0.702. The van der Waals surface area contributed by atoms with Crippen LogP contribution in [0.1, 0.15) is 303 Å². The van der Waals surface area contributed by atoms with Crippen LogP contribution in [-0.4, -0.2) is 46.9 Å². The van der Waals surface area contributed by atoms with Gasteiger partial charge in [-0.15, -0.1) is 0 Å². The fourth-order valence-corrected chi connectivity index (χ4v) is 8.82. The number of carbonyl (C=O) groups is 2. The summed E-state index contributed by atoms with van der Waals surface area (Å²) in [4.78, 5) is 26.2. The van der Waals surface area contributed by atoms with Gasteiger partial charge in [0.05, 0.1) is 25.2 Å². The summed E-state index contributed by atoms with van der Waals surface area (Å²) in [5.41, 5.74) is 0. The molecule has 3 atom stereocenters. The largest absolute Gasteiger partial charge is 0.462 e. The van der Waals surface area contributed by atoms with Crippen molar-refractivity contribution in [1.82, 2.24) is 5.32 Å². The first-order chi connectivity index (χ1) is 31.0. The van der Waals surface area contributed by atoms with Crippen LogP contribution < -0.4 is 5.32 Å². The third kappa shape index (κ3) is 46.7. The summed E-state index contributed by atoms with van der Waals surface area (Å²) in [7, 11) is 0. The standard InChI is InChI=1S/C57H109NO5/c1-4-7-10-13-16-19-22-25-27-28-30-31-34-37-40-43-46-49-55(60)54(52-59)58-56(61)51-53(48-45-42-39-36-33-24-21-18-15-12-9-6-3)63-57(62)50-47-44-41-38-35-32-29-26-23-20-17-14-11-8-5-2/h9,12,18,21,53-55,59-60H,4-8,10-11,13-17,19-20,22-52H2,1-3H3,(H,58,61)/b12-9+,21-18+. The molecule has 0 aliphatic rings. The number of hydrogen-bond donors (Lipinski definition) is 3. The quantitative estimate of drug-likeness (QED) is 0.0321. The summed E-state index contributed by atoms with van der Waals surface area (Å²) in [6.45, 7) is 6.41. The average Bonchev–Trinajstić information content (AvgIpc) is 3.28. The molecule has 0 bridgehead atoms. The summed E-state index contributed by atoms with van der Waals surface area (Å²) < 4.78 is 5.94. The van der Waals surface area contributed by atoms with Gasteiger partial charge < -0.3 is 20.3 Å². The van der Waals surface area contributed by atoms with Gasteiger partial charge in [-0.25, -0.2) is 0 Å². The Morgan fingerprint density at radius 2 is 0.857 bits per heavy atom. The van der Waals surface area contributed by atoms with E-state index < -0.39 is 18.2 Å². The first-order valence-corrected chi connectivity index (χ1v) is 28.1. The van der Waals surface area contributed by atoms with E-state index in [0.717, 1.165) is 70.6 Å². The minimum absolute atomic E-state index is 0.0736. The third-order valence-electron chi connectivity index (χ3n) is 13.0. The number of carbonyl (C=O) groups excluding carboxylic acids is 2.